The summed E-state index contributed by atoms with van der Waals surface area (Å²) < 4.78 is 2.32. The number of hydrogen-bond donors (Lipinski definition) is 1. The molecule has 2 heteroatoms. The van der Waals surface area contributed by atoms with E-state index < -0.39 is 5.60 Å². The van der Waals surface area contributed by atoms with Crippen LogP contribution in [0.15, 0.2) is 146 Å². The van der Waals surface area contributed by atoms with Crippen molar-refractivity contribution in [3.63, 3.8) is 0 Å². The van der Waals surface area contributed by atoms with E-state index in [-0.39, 0.29) is 0 Å². The zero-order valence-electron chi connectivity index (χ0n) is 22.3. The van der Waals surface area contributed by atoms with Crippen LogP contribution in [0.5, 0.6) is 0 Å². The minimum atomic E-state index is -1.35. The lowest BCUT2D eigenvalue weighted by Gasteiger charge is -2.28. The van der Waals surface area contributed by atoms with Gasteiger partial charge in [-0.25, -0.2) is 0 Å². The molecule has 1 aliphatic carbocycles. The Hall–Kier alpha value is -5.18. The van der Waals surface area contributed by atoms with Crippen molar-refractivity contribution in [2.45, 2.75) is 5.60 Å². The van der Waals surface area contributed by atoms with Gasteiger partial charge in [0, 0.05) is 33.2 Å². The van der Waals surface area contributed by atoms with Crippen LogP contribution in [-0.2, 0) is 5.60 Å². The van der Waals surface area contributed by atoms with Gasteiger partial charge in [-0.3, -0.25) is 0 Å². The fourth-order valence-corrected chi connectivity index (χ4v) is 7.28. The van der Waals surface area contributed by atoms with Crippen LogP contribution in [0.3, 0.4) is 0 Å². The summed E-state index contributed by atoms with van der Waals surface area (Å²) in [7, 11) is 0. The highest BCUT2D eigenvalue weighted by atomic mass is 16.3. The third kappa shape index (κ3) is 2.90. The first-order valence-electron chi connectivity index (χ1n) is 14.1. The smallest absolute Gasteiger partial charge is 0.143 e. The van der Waals surface area contributed by atoms with E-state index in [4.69, 9.17) is 0 Å². The Morgan fingerprint density at radius 2 is 0.951 bits per heavy atom. The molecule has 0 fully saturated rings. The van der Waals surface area contributed by atoms with E-state index in [0.717, 1.165) is 60.7 Å². The number of rotatable bonds is 2. The van der Waals surface area contributed by atoms with Gasteiger partial charge in [0.25, 0.3) is 0 Å². The van der Waals surface area contributed by atoms with Gasteiger partial charge in [-0.05, 0) is 50.9 Å². The van der Waals surface area contributed by atoms with Gasteiger partial charge >= 0.3 is 0 Å². The number of nitrogens with zero attached hydrogens (tertiary/aromatic N) is 1. The van der Waals surface area contributed by atoms with E-state index in [1.807, 2.05) is 6.07 Å². The minimum Gasteiger partial charge on any atom is -0.376 e. The predicted molar refractivity (Wildman–Crippen MR) is 170 cm³/mol. The molecule has 9 rings (SSSR count). The number of benzene rings is 7. The average molecular weight is 524 g/mol. The summed E-state index contributed by atoms with van der Waals surface area (Å²) in [5, 5.41) is 20.3. The van der Waals surface area contributed by atoms with Gasteiger partial charge in [-0.15, -0.1) is 0 Å². The number of aromatic nitrogens is 1. The zero-order valence-corrected chi connectivity index (χ0v) is 22.3. The monoisotopic (exact) mass is 523 g/mol. The topological polar surface area (TPSA) is 25.2 Å². The lowest BCUT2D eigenvalue weighted by molar-refractivity contribution is 0.132. The maximum Gasteiger partial charge on any atom is 0.143 e. The van der Waals surface area contributed by atoms with E-state index in [2.05, 4.69) is 144 Å². The quantitative estimate of drug-likeness (QED) is 0.240. The Kier molecular flexibility index (Phi) is 4.51. The Balaban J connectivity index is 1.49. The minimum absolute atomic E-state index is 0.889. The second kappa shape index (κ2) is 8.17. The maximum absolute atomic E-state index is 13.4. The van der Waals surface area contributed by atoms with Gasteiger partial charge in [0.05, 0.1) is 11.0 Å². The third-order valence-electron chi connectivity index (χ3n) is 8.99. The van der Waals surface area contributed by atoms with Crippen molar-refractivity contribution in [1.82, 2.24) is 4.57 Å². The second-order valence-corrected chi connectivity index (χ2v) is 11.0. The van der Waals surface area contributed by atoms with Crippen LogP contribution in [0.25, 0.3) is 60.2 Å². The zero-order chi connectivity index (χ0) is 27.1. The molecule has 0 bridgehead atoms. The molecule has 1 N–H and O–H groups in total. The molecule has 1 heterocycles. The summed E-state index contributed by atoms with van der Waals surface area (Å²) in [4.78, 5) is 0. The van der Waals surface area contributed by atoms with Crippen molar-refractivity contribution in [2.75, 3.05) is 0 Å². The average Bonchev–Trinajstić information content (AvgIpc) is 3.52. The standard InChI is InChI=1S/C39H25NO/c41-39(34-19-10-18-31-30-17-8-9-20-35(30)40(38(31)34)27-13-2-1-3-14-27)32-23-21-25-11-4-6-15-28(25)36(32)37-29-16-7-5-12-26(29)22-24-33(37)39/h1-24,41H. The van der Waals surface area contributed by atoms with Crippen LogP contribution in [0.4, 0.5) is 0 Å². The highest BCUT2D eigenvalue weighted by Crippen LogP contribution is 2.56. The molecular formula is C39H25NO. The van der Waals surface area contributed by atoms with E-state index in [1.54, 1.807) is 0 Å². The molecule has 7 aromatic carbocycles. The normalized spacial score (nSPS) is 13.7. The Labute approximate surface area is 237 Å². The van der Waals surface area contributed by atoms with Crippen LogP contribution in [-0.4, -0.2) is 9.67 Å². The van der Waals surface area contributed by atoms with Gasteiger partial charge < -0.3 is 9.67 Å². The fourth-order valence-electron chi connectivity index (χ4n) is 7.28. The number of para-hydroxylation sites is 3. The van der Waals surface area contributed by atoms with Crippen molar-refractivity contribution < 1.29 is 5.11 Å². The van der Waals surface area contributed by atoms with Crippen LogP contribution < -0.4 is 0 Å². The van der Waals surface area contributed by atoms with Crippen LogP contribution in [0.1, 0.15) is 16.7 Å². The third-order valence-corrected chi connectivity index (χ3v) is 8.99. The predicted octanol–water partition coefficient (Wildman–Crippen LogP) is 9.35. The molecule has 0 saturated carbocycles. The first-order valence-corrected chi connectivity index (χ1v) is 14.1. The highest BCUT2D eigenvalue weighted by molar-refractivity contribution is 6.14. The van der Waals surface area contributed by atoms with Gasteiger partial charge in [0.1, 0.15) is 5.60 Å². The van der Waals surface area contributed by atoms with E-state index >= 15 is 0 Å². The first-order chi connectivity index (χ1) is 20.2. The summed E-state index contributed by atoms with van der Waals surface area (Å²) in [5.74, 6) is 0. The summed E-state index contributed by atoms with van der Waals surface area (Å²) in [5.41, 5.74) is 6.88. The van der Waals surface area contributed by atoms with Crippen molar-refractivity contribution in [3.8, 4) is 16.8 Å². The molecule has 192 valence electrons. The lowest BCUT2D eigenvalue weighted by Crippen LogP contribution is -2.27. The van der Waals surface area contributed by atoms with Gasteiger partial charge in [0.15, 0.2) is 0 Å². The Morgan fingerprint density at radius 1 is 0.415 bits per heavy atom. The molecule has 0 aliphatic heterocycles. The molecule has 0 atom stereocenters. The van der Waals surface area contributed by atoms with Gasteiger partial charge in [-0.2, -0.15) is 0 Å². The molecule has 1 aromatic heterocycles. The summed E-state index contributed by atoms with van der Waals surface area (Å²) in [6, 6.07) is 51.1. The summed E-state index contributed by atoms with van der Waals surface area (Å²) >= 11 is 0. The molecule has 0 saturated heterocycles. The van der Waals surface area contributed by atoms with Crippen molar-refractivity contribution in [2.24, 2.45) is 0 Å². The lowest BCUT2D eigenvalue weighted by atomic mass is 9.82. The SMILES string of the molecule is OC1(c2cccc3c4ccccc4n(-c4ccccc4)c23)c2ccc3ccccc3c2-c2c1ccc1ccccc21. The molecule has 0 spiro atoms. The van der Waals surface area contributed by atoms with Gasteiger partial charge in [-0.1, -0.05) is 127 Å². The Morgan fingerprint density at radius 3 is 1.61 bits per heavy atom. The maximum atomic E-state index is 13.4. The molecule has 0 unspecified atom stereocenters. The molecule has 0 radical (unpaired) electrons. The van der Waals surface area contributed by atoms with Crippen molar-refractivity contribution in [1.29, 1.82) is 0 Å². The van der Waals surface area contributed by atoms with E-state index in [0.29, 0.717) is 0 Å². The molecule has 8 aromatic rings. The largest absolute Gasteiger partial charge is 0.376 e. The van der Waals surface area contributed by atoms with E-state index in [9.17, 15) is 5.11 Å². The molecule has 1 aliphatic rings. The number of aliphatic hydroxyl groups is 1. The first kappa shape index (κ1) is 22.6. The van der Waals surface area contributed by atoms with E-state index in [1.165, 1.54) is 16.2 Å². The van der Waals surface area contributed by atoms with Crippen LogP contribution >= 0.6 is 0 Å². The van der Waals surface area contributed by atoms with Gasteiger partial charge in [0.2, 0.25) is 0 Å². The van der Waals surface area contributed by atoms with Crippen molar-refractivity contribution >= 4 is 43.4 Å². The fraction of sp³-hybridized carbons (Fsp3) is 0.0256. The number of fused-ring (bicyclic) bond motifs is 10. The molecule has 2 nitrogen and oxygen atoms in total. The molecule has 0 amide bonds. The second-order valence-electron chi connectivity index (χ2n) is 11.0. The summed E-state index contributed by atoms with van der Waals surface area (Å²) in [6.07, 6.45) is 0. The van der Waals surface area contributed by atoms with Crippen molar-refractivity contribution in [3.05, 3.63) is 162 Å². The summed E-state index contributed by atoms with van der Waals surface area (Å²) in [6.45, 7) is 0. The van der Waals surface area contributed by atoms with Crippen LogP contribution in [0, 0.1) is 0 Å². The molecular weight excluding hydrogens is 498 g/mol. The number of hydrogen-bond acceptors (Lipinski definition) is 1. The molecule has 41 heavy (non-hydrogen) atoms. The highest BCUT2D eigenvalue weighted by Gasteiger charge is 2.46. The van der Waals surface area contributed by atoms with Crippen LogP contribution in [0.2, 0.25) is 0 Å². The Bertz CT molecular complexity index is 2240.